The molecule has 0 bridgehead atoms. The number of urea groups is 1. The van der Waals surface area contributed by atoms with E-state index < -0.39 is 35.5 Å². The largest absolute Gasteiger partial charge is 0.395 e. The summed E-state index contributed by atoms with van der Waals surface area (Å²) >= 11 is 0. The molecule has 0 aromatic heterocycles. The van der Waals surface area contributed by atoms with Gasteiger partial charge in [0.05, 0.1) is 12.7 Å². The van der Waals surface area contributed by atoms with Crippen molar-refractivity contribution < 1.29 is 24.3 Å². The van der Waals surface area contributed by atoms with Crippen molar-refractivity contribution >= 4 is 23.8 Å². The second kappa shape index (κ2) is 9.46. The van der Waals surface area contributed by atoms with Crippen molar-refractivity contribution in [3.8, 4) is 6.07 Å². The maximum absolute atomic E-state index is 13.8. The van der Waals surface area contributed by atoms with Crippen LogP contribution in [0.25, 0.3) is 0 Å². The monoisotopic (exact) mass is 516 g/mol. The van der Waals surface area contributed by atoms with Crippen LogP contribution in [0.15, 0.2) is 0 Å². The van der Waals surface area contributed by atoms with Gasteiger partial charge < -0.3 is 31.3 Å². The smallest absolute Gasteiger partial charge is 0.315 e. The van der Waals surface area contributed by atoms with Crippen molar-refractivity contribution in [3.05, 3.63) is 0 Å². The first-order valence-electron chi connectivity index (χ1n) is 13.2. The van der Waals surface area contributed by atoms with Gasteiger partial charge in [-0.25, -0.2) is 4.79 Å². The summed E-state index contributed by atoms with van der Waals surface area (Å²) in [5.41, 5.74) is -0.862. The lowest BCUT2D eigenvalue weighted by Crippen LogP contribution is -2.60. The minimum absolute atomic E-state index is 0.0517. The molecule has 0 radical (unpaired) electrons. The standard InChI is InChI=1S/C26H40N6O5/c1-24(2,3)19(30-23(37)28-8-9-33)22(36)32-13-16-17(25(16,4)5)18(32)21(35)29-15(12-27)10-14-11-26(6-7-26)31-20(14)34/h14-19,33H,6-11,13H2,1-5H3,(H,29,35)(H,31,34)(H2,28,30,37). The van der Waals surface area contributed by atoms with Gasteiger partial charge in [0, 0.05) is 24.5 Å². The van der Waals surface area contributed by atoms with Crippen molar-refractivity contribution in [1.29, 1.82) is 5.26 Å². The fraction of sp³-hybridized carbons (Fsp3) is 0.808. The van der Waals surface area contributed by atoms with Crippen LogP contribution in [0.3, 0.4) is 0 Å². The summed E-state index contributed by atoms with van der Waals surface area (Å²) in [7, 11) is 0. The Morgan fingerprint density at radius 3 is 2.46 bits per heavy atom. The van der Waals surface area contributed by atoms with Crippen LogP contribution in [0.5, 0.6) is 0 Å². The maximum atomic E-state index is 13.8. The van der Waals surface area contributed by atoms with E-state index in [-0.39, 0.29) is 60.1 Å². The molecule has 5 N–H and O–H groups in total. The van der Waals surface area contributed by atoms with Gasteiger partial charge in [-0.05, 0) is 48.3 Å². The lowest BCUT2D eigenvalue weighted by molar-refractivity contribution is -0.143. The Bertz CT molecular complexity index is 1010. The first-order chi connectivity index (χ1) is 17.2. The number of amides is 5. The van der Waals surface area contributed by atoms with E-state index in [1.54, 1.807) is 4.90 Å². The van der Waals surface area contributed by atoms with Crippen LogP contribution in [0.1, 0.15) is 60.3 Å². The highest BCUT2D eigenvalue weighted by atomic mass is 16.3. The van der Waals surface area contributed by atoms with Gasteiger partial charge in [-0.2, -0.15) is 5.26 Å². The lowest BCUT2D eigenvalue weighted by atomic mass is 9.85. The minimum atomic E-state index is -0.897. The summed E-state index contributed by atoms with van der Waals surface area (Å²) < 4.78 is 0. The molecule has 4 fully saturated rings. The molecular weight excluding hydrogens is 476 g/mol. The second-order valence-electron chi connectivity index (χ2n) is 12.9. The highest BCUT2D eigenvalue weighted by molar-refractivity contribution is 5.94. The van der Waals surface area contributed by atoms with Crippen LogP contribution in [0.2, 0.25) is 0 Å². The summed E-state index contributed by atoms with van der Waals surface area (Å²) in [5, 5.41) is 29.8. The van der Waals surface area contributed by atoms with Crippen LogP contribution >= 0.6 is 0 Å². The molecule has 4 rings (SSSR count). The molecule has 2 saturated carbocycles. The van der Waals surface area contributed by atoms with Crippen molar-refractivity contribution in [2.75, 3.05) is 19.7 Å². The lowest BCUT2D eigenvalue weighted by Gasteiger charge is -2.37. The van der Waals surface area contributed by atoms with Crippen molar-refractivity contribution in [2.24, 2.45) is 28.6 Å². The summed E-state index contributed by atoms with van der Waals surface area (Å²) in [6, 6.07) is -0.928. The Labute approximate surface area is 218 Å². The number of aliphatic hydroxyl groups excluding tert-OH is 1. The zero-order valence-corrected chi connectivity index (χ0v) is 22.4. The van der Waals surface area contributed by atoms with E-state index in [0.29, 0.717) is 13.0 Å². The van der Waals surface area contributed by atoms with Gasteiger partial charge in [-0.3, -0.25) is 14.4 Å². The van der Waals surface area contributed by atoms with E-state index in [0.717, 1.165) is 12.8 Å². The van der Waals surface area contributed by atoms with E-state index in [1.165, 1.54) is 0 Å². The van der Waals surface area contributed by atoms with Crippen LogP contribution in [0, 0.1) is 39.9 Å². The van der Waals surface area contributed by atoms with Crippen molar-refractivity contribution in [3.63, 3.8) is 0 Å². The fourth-order valence-corrected chi connectivity index (χ4v) is 6.31. The van der Waals surface area contributed by atoms with Crippen LogP contribution in [-0.2, 0) is 14.4 Å². The molecular formula is C26H40N6O5. The number of likely N-dealkylation sites (tertiary alicyclic amines) is 1. The number of carbonyl (C=O) groups is 4. The first-order valence-corrected chi connectivity index (χ1v) is 13.2. The quantitative estimate of drug-likeness (QED) is 0.310. The Hall–Kier alpha value is -2.87. The minimum Gasteiger partial charge on any atom is -0.395 e. The van der Waals surface area contributed by atoms with Gasteiger partial charge in [-0.1, -0.05) is 34.6 Å². The summed E-state index contributed by atoms with van der Waals surface area (Å²) in [5.74, 6) is -1.03. The molecule has 2 heterocycles. The molecule has 1 spiro atoms. The Morgan fingerprint density at radius 2 is 1.92 bits per heavy atom. The van der Waals surface area contributed by atoms with E-state index >= 15 is 0 Å². The molecule has 5 amide bonds. The second-order valence-corrected chi connectivity index (χ2v) is 12.9. The normalized spacial score (nSPS) is 30.0. The molecule has 37 heavy (non-hydrogen) atoms. The Balaban J connectivity index is 1.48. The molecule has 2 aliphatic heterocycles. The molecule has 11 heteroatoms. The van der Waals surface area contributed by atoms with Gasteiger partial charge in [0.1, 0.15) is 18.1 Å². The third-order valence-corrected chi connectivity index (χ3v) is 8.79. The van der Waals surface area contributed by atoms with E-state index in [2.05, 4.69) is 41.2 Å². The number of nitriles is 1. The number of nitrogens with one attached hydrogen (secondary N) is 4. The number of hydrogen-bond donors (Lipinski definition) is 5. The molecule has 6 atom stereocenters. The van der Waals surface area contributed by atoms with E-state index in [1.807, 2.05) is 20.8 Å². The maximum Gasteiger partial charge on any atom is 0.315 e. The Kier molecular flexibility index (Phi) is 6.95. The molecule has 4 aliphatic rings. The highest BCUT2D eigenvalue weighted by Gasteiger charge is 2.70. The summed E-state index contributed by atoms with van der Waals surface area (Å²) in [6.45, 7) is 9.88. The SMILES string of the molecule is CC(C)(C)C(NC(=O)NCCO)C(=O)N1CC2C(C1C(=O)NC(C#N)CC1CC3(CC3)NC1=O)C2(C)C. The highest BCUT2D eigenvalue weighted by Crippen LogP contribution is 2.65. The number of fused-ring (bicyclic) bond motifs is 1. The van der Waals surface area contributed by atoms with Crippen molar-refractivity contribution in [1.82, 2.24) is 26.2 Å². The average molecular weight is 517 g/mol. The predicted octanol–water partition coefficient (Wildman–Crippen LogP) is 0.243. The molecule has 2 saturated heterocycles. The van der Waals surface area contributed by atoms with Gasteiger partial charge in [-0.15, -0.1) is 0 Å². The predicted molar refractivity (Wildman–Crippen MR) is 134 cm³/mol. The molecule has 2 aliphatic carbocycles. The number of piperidine rings is 1. The third-order valence-electron chi connectivity index (χ3n) is 8.79. The van der Waals surface area contributed by atoms with Crippen LogP contribution < -0.4 is 21.3 Å². The fourth-order valence-electron chi connectivity index (χ4n) is 6.31. The van der Waals surface area contributed by atoms with Gasteiger partial charge in [0.2, 0.25) is 17.7 Å². The summed E-state index contributed by atoms with van der Waals surface area (Å²) in [4.78, 5) is 53.7. The van der Waals surface area contributed by atoms with E-state index in [9.17, 15) is 24.4 Å². The number of rotatable bonds is 8. The zero-order valence-electron chi connectivity index (χ0n) is 22.4. The van der Waals surface area contributed by atoms with Gasteiger partial charge >= 0.3 is 6.03 Å². The number of carbonyl (C=O) groups excluding carboxylic acids is 4. The zero-order chi connectivity index (χ0) is 27.3. The first kappa shape index (κ1) is 27.2. The average Bonchev–Trinajstić information content (AvgIpc) is 3.53. The number of hydrogen-bond acceptors (Lipinski definition) is 6. The molecule has 204 valence electrons. The molecule has 6 unspecified atom stereocenters. The number of nitrogens with zero attached hydrogens (tertiary/aromatic N) is 2. The summed E-state index contributed by atoms with van der Waals surface area (Å²) in [6.07, 6.45) is 2.84. The Morgan fingerprint density at radius 1 is 1.24 bits per heavy atom. The van der Waals surface area contributed by atoms with Crippen LogP contribution in [0.4, 0.5) is 4.79 Å². The van der Waals surface area contributed by atoms with Gasteiger partial charge in [0.15, 0.2) is 0 Å². The molecule has 0 aromatic rings. The van der Waals surface area contributed by atoms with E-state index in [4.69, 9.17) is 5.11 Å². The van der Waals surface area contributed by atoms with Crippen LogP contribution in [-0.4, -0.2) is 77.1 Å². The topological polar surface area (TPSA) is 164 Å². The van der Waals surface area contributed by atoms with Crippen molar-refractivity contribution in [2.45, 2.75) is 84.0 Å². The molecule has 11 nitrogen and oxygen atoms in total. The molecule has 0 aromatic carbocycles. The third kappa shape index (κ3) is 5.26. The van der Waals surface area contributed by atoms with Gasteiger partial charge in [0.25, 0.3) is 0 Å². The number of aliphatic hydroxyl groups is 1.